The molecule has 0 bridgehead atoms. The molecule has 1 saturated carbocycles. The Bertz CT molecular complexity index is 438. The summed E-state index contributed by atoms with van der Waals surface area (Å²) >= 11 is 0. The van der Waals surface area contributed by atoms with Crippen LogP contribution >= 0.6 is 0 Å². The number of imidazole rings is 1. The largest absolute Gasteiger partial charge is 0.481 e. The van der Waals surface area contributed by atoms with Crippen LogP contribution in [0.2, 0.25) is 0 Å². The van der Waals surface area contributed by atoms with E-state index in [0.29, 0.717) is 6.54 Å². The molecule has 7 nitrogen and oxygen atoms in total. The zero-order chi connectivity index (χ0) is 13.7. The molecule has 7 heteroatoms. The first-order valence-electron chi connectivity index (χ1n) is 6.35. The van der Waals surface area contributed by atoms with Crippen LogP contribution < -0.4 is 10.6 Å². The van der Waals surface area contributed by atoms with Crippen molar-refractivity contribution in [3.05, 3.63) is 18.2 Å². The molecule has 2 rings (SSSR count). The number of H-pyrrole nitrogens is 1. The van der Waals surface area contributed by atoms with Crippen molar-refractivity contribution >= 4 is 12.0 Å². The van der Waals surface area contributed by atoms with Crippen LogP contribution in [-0.2, 0) is 11.3 Å². The van der Waals surface area contributed by atoms with Gasteiger partial charge in [0.15, 0.2) is 0 Å². The molecule has 1 fully saturated rings. The Hall–Kier alpha value is -2.05. The van der Waals surface area contributed by atoms with Crippen LogP contribution in [0.3, 0.4) is 0 Å². The Labute approximate surface area is 110 Å². The van der Waals surface area contributed by atoms with Gasteiger partial charge >= 0.3 is 12.0 Å². The minimum atomic E-state index is -0.879. The van der Waals surface area contributed by atoms with E-state index in [1.807, 2.05) is 0 Å². The molecule has 0 radical (unpaired) electrons. The van der Waals surface area contributed by atoms with Crippen molar-refractivity contribution in [1.29, 1.82) is 0 Å². The molecule has 0 aromatic carbocycles. The highest BCUT2D eigenvalue weighted by Crippen LogP contribution is 2.32. The first-order valence-corrected chi connectivity index (χ1v) is 6.35. The molecule has 1 aliphatic rings. The van der Waals surface area contributed by atoms with E-state index < -0.39 is 11.5 Å². The fourth-order valence-corrected chi connectivity index (χ4v) is 2.53. The quantitative estimate of drug-likeness (QED) is 0.637. The second-order valence-corrected chi connectivity index (χ2v) is 4.94. The van der Waals surface area contributed by atoms with Crippen LogP contribution in [0.1, 0.15) is 37.8 Å². The number of hydrogen-bond donors (Lipinski definition) is 4. The first kappa shape index (κ1) is 13.4. The highest BCUT2D eigenvalue weighted by Gasteiger charge is 2.37. The lowest BCUT2D eigenvalue weighted by molar-refractivity contribution is -0.138. The van der Waals surface area contributed by atoms with Gasteiger partial charge in [-0.05, 0) is 12.8 Å². The maximum Gasteiger partial charge on any atom is 0.315 e. The lowest BCUT2D eigenvalue weighted by atomic mass is 9.93. The molecule has 0 aliphatic heterocycles. The standard InChI is InChI=1S/C12H18N4O3/c17-10(18)5-12(3-1-2-4-12)16-11(19)14-7-9-6-13-8-15-9/h6,8H,1-5,7H2,(H,13,15)(H,17,18)(H2,14,16,19). The summed E-state index contributed by atoms with van der Waals surface area (Å²) in [6, 6.07) is -0.335. The van der Waals surface area contributed by atoms with Crippen molar-refractivity contribution in [3.63, 3.8) is 0 Å². The van der Waals surface area contributed by atoms with Gasteiger partial charge in [-0.3, -0.25) is 4.79 Å². The molecule has 19 heavy (non-hydrogen) atoms. The number of carbonyl (C=O) groups is 2. The summed E-state index contributed by atoms with van der Waals surface area (Å²) in [5.41, 5.74) is 0.207. The molecule has 2 amide bonds. The average molecular weight is 266 g/mol. The van der Waals surface area contributed by atoms with Crippen molar-refractivity contribution in [3.8, 4) is 0 Å². The van der Waals surface area contributed by atoms with E-state index in [4.69, 9.17) is 5.11 Å². The maximum absolute atomic E-state index is 11.8. The molecular formula is C12H18N4O3. The number of nitrogens with zero attached hydrogens (tertiary/aromatic N) is 1. The van der Waals surface area contributed by atoms with Gasteiger partial charge in [-0.1, -0.05) is 12.8 Å². The smallest absolute Gasteiger partial charge is 0.315 e. The topological polar surface area (TPSA) is 107 Å². The number of nitrogens with one attached hydrogen (secondary N) is 3. The number of aromatic nitrogens is 2. The number of rotatable bonds is 5. The number of hydrogen-bond acceptors (Lipinski definition) is 3. The predicted molar refractivity (Wildman–Crippen MR) is 67.4 cm³/mol. The summed E-state index contributed by atoms with van der Waals surface area (Å²) in [6.45, 7) is 0.342. The second-order valence-electron chi connectivity index (χ2n) is 4.94. The van der Waals surface area contributed by atoms with Crippen molar-refractivity contribution in [2.45, 2.75) is 44.2 Å². The third-order valence-corrected chi connectivity index (χ3v) is 3.42. The number of urea groups is 1. The van der Waals surface area contributed by atoms with Gasteiger partial charge in [0.05, 0.1) is 30.5 Å². The predicted octanol–water partition coefficient (Wildman–Crippen LogP) is 0.996. The van der Waals surface area contributed by atoms with E-state index in [1.165, 1.54) is 6.33 Å². The van der Waals surface area contributed by atoms with E-state index in [-0.39, 0.29) is 12.5 Å². The number of carboxylic acid groups (broad SMARTS) is 1. The number of carbonyl (C=O) groups excluding carboxylic acids is 1. The maximum atomic E-state index is 11.8. The number of aliphatic carboxylic acids is 1. The molecule has 0 unspecified atom stereocenters. The molecule has 0 atom stereocenters. The van der Waals surface area contributed by atoms with Crippen molar-refractivity contribution in [2.75, 3.05) is 0 Å². The summed E-state index contributed by atoms with van der Waals surface area (Å²) in [5.74, 6) is -0.879. The van der Waals surface area contributed by atoms with Crippen LogP contribution in [0.25, 0.3) is 0 Å². The molecule has 1 aliphatic carbocycles. The van der Waals surface area contributed by atoms with E-state index in [0.717, 1.165) is 31.4 Å². The van der Waals surface area contributed by atoms with E-state index in [9.17, 15) is 9.59 Å². The van der Waals surface area contributed by atoms with Gasteiger partial charge in [-0.25, -0.2) is 9.78 Å². The minimum absolute atomic E-state index is 0.0233. The number of amides is 2. The highest BCUT2D eigenvalue weighted by atomic mass is 16.4. The zero-order valence-corrected chi connectivity index (χ0v) is 10.6. The third kappa shape index (κ3) is 3.70. The van der Waals surface area contributed by atoms with Crippen molar-refractivity contribution in [2.24, 2.45) is 0 Å². The van der Waals surface area contributed by atoms with Gasteiger partial charge in [0.1, 0.15) is 0 Å². The minimum Gasteiger partial charge on any atom is -0.481 e. The summed E-state index contributed by atoms with van der Waals surface area (Å²) < 4.78 is 0. The van der Waals surface area contributed by atoms with Crippen molar-refractivity contribution in [1.82, 2.24) is 20.6 Å². The summed E-state index contributed by atoms with van der Waals surface area (Å²) in [5, 5.41) is 14.5. The van der Waals surface area contributed by atoms with E-state index in [1.54, 1.807) is 6.20 Å². The van der Waals surface area contributed by atoms with Gasteiger partial charge in [0.2, 0.25) is 0 Å². The van der Waals surface area contributed by atoms with E-state index in [2.05, 4.69) is 20.6 Å². The number of carboxylic acids is 1. The van der Waals surface area contributed by atoms with Crippen LogP contribution in [0.5, 0.6) is 0 Å². The zero-order valence-electron chi connectivity index (χ0n) is 10.6. The third-order valence-electron chi connectivity index (χ3n) is 3.42. The van der Waals surface area contributed by atoms with Crippen LogP contribution in [0.4, 0.5) is 4.79 Å². The summed E-state index contributed by atoms with van der Waals surface area (Å²) in [7, 11) is 0. The van der Waals surface area contributed by atoms with Gasteiger partial charge in [0.25, 0.3) is 0 Å². The Morgan fingerprint density at radius 3 is 2.74 bits per heavy atom. The van der Waals surface area contributed by atoms with Gasteiger partial charge in [-0.15, -0.1) is 0 Å². The van der Waals surface area contributed by atoms with Gasteiger partial charge < -0.3 is 20.7 Å². The fraction of sp³-hybridized carbons (Fsp3) is 0.583. The summed E-state index contributed by atoms with van der Waals surface area (Å²) in [4.78, 5) is 29.5. The van der Waals surface area contributed by atoms with Crippen LogP contribution in [0, 0.1) is 0 Å². The first-order chi connectivity index (χ1) is 9.10. The molecule has 1 heterocycles. The summed E-state index contributed by atoms with van der Waals surface area (Å²) in [6.07, 6.45) is 6.49. The Morgan fingerprint density at radius 1 is 1.42 bits per heavy atom. The van der Waals surface area contributed by atoms with Gasteiger partial charge in [-0.2, -0.15) is 0 Å². The lowest BCUT2D eigenvalue weighted by Gasteiger charge is -2.28. The highest BCUT2D eigenvalue weighted by molar-refractivity contribution is 5.76. The van der Waals surface area contributed by atoms with Gasteiger partial charge in [0, 0.05) is 6.20 Å². The average Bonchev–Trinajstić information content (AvgIpc) is 2.97. The molecule has 0 spiro atoms. The normalized spacial score (nSPS) is 17.1. The number of aromatic amines is 1. The molecular weight excluding hydrogens is 248 g/mol. The van der Waals surface area contributed by atoms with Crippen molar-refractivity contribution < 1.29 is 14.7 Å². The molecule has 4 N–H and O–H groups in total. The molecule has 1 aromatic heterocycles. The second kappa shape index (κ2) is 5.73. The molecule has 104 valence electrons. The SMILES string of the molecule is O=C(O)CC1(NC(=O)NCc2cnc[nH]2)CCCC1. The lowest BCUT2D eigenvalue weighted by Crippen LogP contribution is -2.51. The molecule has 0 saturated heterocycles. The van der Waals surface area contributed by atoms with Crippen LogP contribution in [0.15, 0.2) is 12.5 Å². The Kier molecular flexibility index (Phi) is 4.03. The Morgan fingerprint density at radius 2 is 2.16 bits per heavy atom. The van der Waals surface area contributed by atoms with E-state index >= 15 is 0 Å². The Balaban J connectivity index is 1.86. The fourth-order valence-electron chi connectivity index (χ4n) is 2.53. The van der Waals surface area contributed by atoms with Crippen LogP contribution in [-0.4, -0.2) is 32.6 Å². The molecule has 1 aromatic rings. The monoisotopic (exact) mass is 266 g/mol.